The number of halogens is 1. The van der Waals surface area contributed by atoms with Gasteiger partial charge in [0, 0.05) is 29.4 Å². The fourth-order valence-electron chi connectivity index (χ4n) is 3.36. The highest BCUT2D eigenvalue weighted by Gasteiger charge is 2.07. The molecule has 33 heavy (non-hydrogen) atoms. The molecule has 4 rings (SSSR count). The van der Waals surface area contributed by atoms with Crippen LogP contribution in [0.2, 0.25) is 0 Å². The van der Waals surface area contributed by atoms with E-state index >= 15 is 0 Å². The van der Waals surface area contributed by atoms with E-state index in [1.54, 1.807) is 30.3 Å². The van der Waals surface area contributed by atoms with Crippen LogP contribution in [0, 0.1) is 5.82 Å². The molecular weight excluding hydrogens is 415 g/mol. The van der Waals surface area contributed by atoms with Gasteiger partial charge in [-0.25, -0.2) is 14.4 Å². The molecule has 1 aromatic heterocycles. The molecular formula is C27H25FN4O. The number of nitrogens with one attached hydrogen (secondary N) is 2. The van der Waals surface area contributed by atoms with Crippen LogP contribution in [0.25, 0.3) is 11.3 Å². The number of carbonyl (C=O) groups is 1. The van der Waals surface area contributed by atoms with Gasteiger partial charge in [-0.3, -0.25) is 4.79 Å². The largest absolute Gasteiger partial charge is 0.348 e. The molecule has 6 heteroatoms. The van der Waals surface area contributed by atoms with Crippen LogP contribution in [0.15, 0.2) is 85.2 Å². The fraction of sp³-hybridized carbons (Fsp3) is 0.148. The Morgan fingerprint density at radius 3 is 2.27 bits per heavy atom. The van der Waals surface area contributed by atoms with E-state index in [9.17, 15) is 9.18 Å². The fourth-order valence-corrected chi connectivity index (χ4v) is 3.36. The maximum Gasteiger partial charge on any atom is 0.251 e. The molecule has 2 N–H and O–H groups in total. The van der Waals surface area contributed by atoms with Crippen molar-refractivity contribution in [1.82, 2.24) is 15.3 Å². The number of carbonyl (C=O) groups excluding carboxylic acids is 1. The van der Waals surface area contributed by atoms with Crippen molar-refractivity contribution >= 4 is 17.4 Å². The molecule has 0 fully saturated rings. The van der Waals surface area contributed by atoms with Crippen molar-refractivity contribution in [3.8, 4) is 11.3 Å². The van der Waals surface area contributed by atoms with E-state index in [0.717, 1.165) is 16.8 Å². The summed E-state index contributed by atoms with van der Waals surface area (Å²) in [5, 5.41) is 6.16. The van der Waals surface area contributed by atoms with Crippen LogP contribution in [0.3, 0.4) is 0 Å². The van der Waals surface area contributed by atoms with Crippen LogP contribution < -0.4 is 10.6 Å². The second kappa shape index (κ2) is 10.0. The van der Waals surface area contributed by atoms with Gasteiger partial charge < -0.3 is 10.6 Å². The number of benzene rings is 3. The van der Waals surface area contributed by atoms with Crippen molar-refractivity contribution in [2.45, 2.75) is 26.3 Å². The summed E-state index contributed by atoms with van der Waals surface area (Å²) in [4.78, 5) is 21.0. The smallest absolute Gasteiger partial charge is 0.251 e. The topological polar surface area (TPSA) is 66.9 Å². The molecule has 0 saturated heterocycles. The summed E-state index contributed by atoms with van der Waals surface area (Å²) in [6, 6.07) is 23.4. The first kappa shape index (κ1) is 22.1. The molecule has 0 aliphatic rings. The van der Waals surface area contributed by atoms with E-state index in [1.165, 1.54) is 24.0 Å². The van der Waals surface area contributed by atoms with Crippen molar-refractivity contribution in [2.24, 2.45) is 0 Å². The normalized spacial score (nSPS) is 10.8. The van der Waals surface area contributed by atoms with E-state index in [2.05, 4.69) is 46.6 Å². The standard InChI is InChI=1S/C27H25FN4O/c1-18(2)20-5-3-19(4-6-20)16-29-27(33)22-9-13-24(14-10-22)32-26-15-25(30-17-31-26)21-7-11-23(28)12-8-21/h3-15,17-18H,16H2,1-2H3,(H,29,33)(H,30,31,32). The van der Waals surface area contributed by atoms with Crippen molar-refractivity contribution < 1.29 is 9.18 Å². The molecule has 0 radical (unpaired) electrons. The summed E-state index contributed by atoms with van der Waals surface area (Å²) >= 11 is 0. The lowest BCUT2D eigenvalue weighted by molar-refractivity contribution is 0.0951. The van der Waals surface area contributed by atoms with Crippen molar-refractivity contribution in [3.05, 3.63) is 108 Å². The van der Waals surface area contributed by atoms with Crippen LogP contribution in [-0.4, -0.2) is 15.9 Å². The summed E-state index contributed by atoms with van der Waals surface area (Å²) < 4.78 is 13.2. The lowest BCUT2D eigenvalue weighted by Gasteiger charge is -2.10. The molecule has 1 amide bonds. The van der Waals surface area contributed by atoms with E-state index in [-0.39, 0.29) is 11.7 Å². The lowest BCUT2D eigenvalue weighted by Crippen LogP contribution is -2.22. The second-order valence-corrected chi connectivity index (χ2v) is 8.08. The summed E-state index contributed by atoms with van der Waals surface area (Å²) in [7, 11) is 0. The Balaban J connectivity index is 1.36. The van der Waals surface area contributed by atoms with Gasteiger partial charge in [0.25, 0.3) is 5.91 Å². The first-order valence-electron chi connectivity index (χ1n) is 10.8. The maximum atomic E-state index is 13.2. The van der Waals surface area contributed by atoms with E-state index in [1.807, 2.05) is 24.3 Å². The lowest BCUT2D eigenvalue weighted by atomic mass is 10.0. The maximum absolute atomic E-state index is 13.2. The summed E-state index contributed by atoms with van der Waals surface area (Å²) in [5.41, 5.74) is 5.19. The minimum atomic E-state index is -0.292. The highest BCUT2D eigenvalue weighted by atomic mass is 19.1. The average Bonchev–Trinajstić information content (AvgIpc) is 2.84. The molecule has 0 bridgehead atoms. The van der Waals surface area contributed by atoms with Crippen LogP contribution in [0.4, 0.5) is 15.9 Å². The minimum absolute atomic E-state index is 0.130. The third-order valence-electron chi connectivity index (χ3n) is 5.33. The molecule has 0 saturated carbocycles. The van der Waals surface area contributed by atoms with Gasteiger partial charge in [-0.1, -0.05) is 38.1 Å². The first-order valence-corrected chi connectivity index (χ1v) is 10.8. The molecule has 166 valence electrons. The summed E-state index contributed by atoms with van der Waals surface area (Å²) in [6.45, 7) is 4.79. The molecule has 0 aliphatic heterocycles. The Morgan fingerprint density at radius 1 is 0.909 bits per heavy atom. The van der Waals surface area contributed by atoms with E-state index in [0.29, 0.717) is 29.5 Å². The number of rotatable bonds is 7. The monoisotopic (exact) mass is 440 g/mol. The van der Waals surface area contributed by atoms with E-state index < -0.39 is 0 Å². The van der Waals surface area contributed by atoms with Gasteiger partial charge in [0.1, 0.15) is 18.0 Å². The molecule has 0 spiro atoms. The SMILES string of the molecule is CC(C)c1ccc(CNC(=O)c2ccc(Nc3cc(-c4ccc(F)cc4)ncn3)cc2)cc1. The quantitative estimate of drug-likeness (QED) is 0.365. The third-order valence-corrected chi connectivity index (χ3v) is 5.33. The number of nitrogens with zero attached hydrogens (tertiary/aromatic N) is 2. The number of aromatic nitrogens is 2. The van der Waals surface area contributed by atoms with Crippen molar-refractivity contribution in [2.75, 3.05) is 5.32 Å². The van der Waals surface area contributed by atoms with Gasteiger partial charge >= 0.3 is 0 Å². The Labute approximate surface area is 192 Å². The van der Waals surface area contributed by atoms with Crippen LogP contribution in [-0.2, 0) is 6.54 Å². The van der Waals surface area contributed by atoms with Crippen molar-refractivity contribution in [3.63, 3.8) is 0 Å². The number of anilines is 2. The predicted molar refractivity (Wildman–Crippen MR) is 129 cm³/mol. The molecule has 3 aromatic carbocycles. The molecule has 1 heterocycles. The van der Waals surface area contributed by atoms with Gasteiger partial charge in [-0.15, -0.1) is 0 Å². The molecule has 0 aliphatic carbocycles. The van der Waals surface area contributed by atoms with Crippen LogP contribution >= 0.6 is 0 Å². The number of hydrogen-bond acceptors (Lipinski definition) is 4. The van der Waals surface area contributed by atoms with Crippen LogP contribution in [0.1, 0.15) is 41.3 Å². The third kappa shape index (κ3) is 5.80. The molecule has 4 aromatic rings. The Morgan fingerprint density at radius 2 is 1.61 bits per heavy atom. The summed E-state index contributed by atoms with van der Waals surface area (Å²) in [6.07, 6.45) is 1.45. The van der Waals surface area contributed by atoms with Gasteiger partial charge in [0.2, 0.25) is 0 Å². The predicted octanol–water partition coefficient (Wildman–Crippen LogP) is 6.08. The Hall–Kier alpha value is -4.06. The highest BCUT2D eigenvalue weighted by Crippen LogP contribution is 2.22. The average molecular weight is 441 g/mol. The van der Waals surface area contributed by atoms with Crippen molar-refractivity contribution in [1.29, 1.82) is 0 Å². The first-order chi connectivity index (χ1) is 16.0. The van der Waals surface area contributed by atoms with E-state index in [4.69, 9.17) is 0 Å². The summed E-state index contributed by atoms with van der Waals surface area (Å²) in [5.74, 6) is 0.665. The number of amides is 1. The zero-order chi connectivity index (χ0) is 23.2. The van der Waals surface area contributed by atoms with Gasteiger partial charge in [0.15, 0.2) is 0 Å². The zero-order valence-electron chi connectivity index (χ0n) is 18.5. The second-order valence-electron chi connectivity index (χ2n) is 8.08. The molecule has 0 atom stereocenters. The zero-order valence-corrected chi connectivity index (χ0v) is 18.5. The minimum Gasteiger partial charge on any atom is -0.348 e. The van der Waals surface area contributed by atoms with Crippen LogP contribution in [0.5, 0.6) is 0 Å². The Bertz CT molecular complexity index is 1220. The van der Waals surface area contributed by atoms with Gasteiger partial charge in [-0.2, -0.15) is 0 Å². The number of hydrogen-bond donors (Lipinski definition) is 2. The highest BCUT2D eigenvalue weighted by molar-refractivity contribution is 5.94. The molecule has 5 nitrogen and oxygen atoms in total. The van der Waals surface area contributed by atoms with Gasteiger partial charge in [0.05, 0.1) is 5.69 Å². The molecule has 0 unspecified atom stereocenters. The Kier molecular flexibility index (Phi) is 6.74. The van der Waals surface area contributed by atoms with Gasteiger partial charge in [-0.05, 0) is 65.6 Å².